The summed E-state index contributed by atoms with van der Waals surface area (Å²) < 4.78 is 0.820. The first-order chi connectivity index (χ1) is 9.56. The van der Waals surface area contributed by atoms with Crippen LogP contribution in [0.5, 0.6) is 0 Å². The molecule has 0 saturated heterocycles. The molecule has 0 fully saturated rings. The number of carbonyl (C=O) groups is 1. The molecule has 0 atom stereocenters. The van der Waals surface area contributed by atoms with E-state index in [4.69, 9.17) is 5.73 Å². The Morgan fingerprint density at radius 2 is 2.10 bits per heavy atom. The Balaban J connectivity index is 2.03. The molecule has 106 valence electrons. The lowest BCUT2D eigenvalue weighted by molar-refractivity contribution is -0.119. The van der Waals surface area contributed by atoms with Gasteiger partial charge in [-0.25, -0.2) is 4.98 Å². The summed E-state index contributed by atoms with van der Waals surface area (Å²) in [5.41, 5.74) is 7.80. The van der Waals surface area contributed by atoms with E-state index in [2.05, 4.69) is 10.3 Å². The van der Waals surface area contributed by atoms with Crippen LogP contribution in [0.15, 0.2) is 34.7 Å². The highest BCUT2D eigenvalue weighted by atomic mass is 32.2. The van der Waals surface area contributed by atoms with Gasteiger partial charge in [-0.15, -0.1) is 0 Å². The lowest BCUT2D eigenvalue weighted by atomic mass is 10.2. The van der Waals surface area contributed by atoms with Gasteiger partial charge >= 0.3 is 0 Å². The average Bonchev–Trinajstić information content (AvgIpc) is 2.78. The van der Waals surface area contributed by atoms with E-state index >= 15 is 0 Å². The summed E-state index contributed by atoms with van der Waals surface area (Å²) in [6.07, 6.45) is 0. The number of hydrogen-bond acceptors (Lipinski definition) is 5. The fourth-order valence-electron chi connectivity index (χ4n) is 1.67. The van der Waals surface area contributed by atoms with Crippen LogP contribution >= 0.6 is 23.1 Å². The topological polar surface area (TPSA) is 68.0 Å². The van der Waals surface area contributed by atoms with Gasteiger partial charge in [-0.2, -0.15) is 0 Å². The maximum atomic E-state index is 11.6. The Morgan fingerprint density at radius 1 is 1.40 bits per heavy atom. The average molecular weight is 307 g/mol. The summed E-state index contributed by atoms with van der Waals surface area (Å²) in [4.78, 5) is 16.1. The molecule has 1 aromatic carbocycles. The highest BCUT2D eigenvalue weighted by Crippen LogP contribution is 2.35. The van der Waals surface area contributed by atoms with Crippen molar-refractivity contribution in [2.75, 3.05) is 11.5 Å². The van der Waals surface area contributed by atoms with Gasteiger partial charge in [0.25, 0.3) is 0 Å². The lowest BCUT2D eigenvalue weighted by Gasteiger charge is -2.06. The third kappa shape index (κ3) is 3.98. The van der Waals surface area contributed by atoms with E-state index < -0.39 is 0 Å². The van der Waals surface area contributed by atoms with Crippen molar-refractivity contribution in [3.05, 3.63) is 30.3 Å². The van der Waals surface area contributed by atoms with Crippen LogP contribution < -0.4 is 11.1 Å². The molecule has 0 aliphatic carbocycles. The molecule has 0 saturated carbocycles. The van der Waals surface area contributed by atoms with Gasteiger partial charge < -0.3 is 11.1 Å². The molecular formula is C14H17N3OS2. The molecule has 2 rings (SSSR count). The molecule has 0 unspecified atom stereocenters. The predicted octanol–water partition coefficient (Wildman–Crippen LogP) is 3.01. The van der Waals surface area contributed by atoms with Gasteiger partial charge in [0.1, 0.15) is 10.7 Å². The van der Waals surface area contributed by atoms with E-state index in [0.29, 0.717) is 10.8 Å². The Hall–Kier alpha value is -1.53. The number of benzene rings is 1. The van der Waals surface area contributed by atoms with E-state index in [1.165, 1.54) is 23.1 Å². The summed E-state index contributed by atoms with van der Waals surface area (Å²) in [6, 6.07) is 9.98. The fourth-order valence-corrected chi connectivity index (χ4v) is 3.43. The Labute approximate surface area is 126 Å². The number of amides is 1. The number of rotatable bonds is 5. The Kier molecular flexibility index (Phi) is 5.03. The maximum Gasteiger partial charge on any atom is 0.230 e. The van der Waals surface area contributed by atoms with Crippen molar-refractivity contribution >= 4 is 34.0 Å². The van der Waals surface area contributed by atoms with Gasteiger partial charge in [0.15, 0.2) is 4.34 Å². The molecule has 1 aromatic heterocycles. The monoisotopic (exact) mass is 307 g/mol. The third-order valence-electron chi connectivity index (χ3n) is 2.46. The number of thiazole rings is 1. The van der Waals surface area contributed by atoms with E-state index in [1.54, 1.807) is 0 Å². The van der Waals surface area contributed by atoms with Crippen LogP contribution in [0.1, 0.15) is 13.8 Å². The second-order valence-corrected chi connectivity index (χ2v) is 6.82. The van der Waals surface area contributed by atoms with Gasteiger partial charge in [-0.3, -0.25) is 4.79 Å². The van der Waals surface area contributed by atoms with Crippen LogP contribution in [0.25, 0.3) is 11.3 Å². The molecule has 0 aliphatic heterocycles. The zero-order valence-corrected chi connectivity index (χ0v) is 13.1. The number of anilines is 1. The van der Waals surface area contributed by atoms with Crippen LogP contribution in [0, 0.1) is 0 Å². The van der Waals surface area contributed by atoms with Crippen molar-refractivity contribution in [1.29, 1.82) is 0 Å². The molecule has 0 spiro atoms. The minimum Gasteiger partial charge on any atom is -0.389 e. The Bertz CT molecular complexity index is 581. The second-order valence-electron chi connectivity index (χ2n) is 4.57. The SMILES string of the molecule is CC(C)NC(=O)CSc1nc(-c2ccccc2)c(N)s1. The molecule has 3 N–H and O–H groups in total. The molecule has 4 nitrogen and oxygen atoms in total. The normalized spacial score (nSPS) is 10.8. The first-order valence-corrected chi connectivity index (χ1v) is 8.10. The number of thioether (sulfide) groups is 1. The maximum absolute atomic E-state index is 11.6. The zero-order chi connectivity index (χ0) is 14.5. The number of nitrogens with one attached hydrogen (secondary N) is 1. The predicted molar refractivity (Wildman–Crippen MR) is 86.0 cm³/mol. The molecule has 1 amide bonds. The second kappa shape index (κ2) is 6.76. The molecule has 0 bridgehead atoms. The van der Waals surface area contributed by atoms with E-state index in [0.717, 1.165) is 15.6 Å². The molecular weight excluding hydrogens is 290 g/mol. The van der Waals surface area contributed by atoms with Crippen LogP contribution in [0.2, 0.25) is 0 Å². The summed E-state index contributed by atoms with van der Waals surface area (Å²) in [7, 11) is 0. The minimum absolute atomic E-state index is 0.0139. The number of nitrogens with two attached hydrogens (primary N) is 1. The molecule has 2 aromatic rings. The van der Waals surface area contributed by atoms with Crippen LogP contribution in [-0.4, -0.2) is 22.7 Å². The fraction of sp³-hybridized carbons (Fsp3) is 0.286. The minimum atomic E-state index is 0.0139. The third-order valence-corrected chi connectivity index (χ3v) is 4.48. The summed E-state index contributed by atoms with van der Waals surface area (Å²) in [5.74, 6) is 0.374. The van der Waals surface area contributed by atoms with Gasteiger partial charge in [0.05, 0.1) is 5.75 Å². The number of aromatic nitrogens is 1. The highest BCUT2D eigenvalue weighted by molar-refractivity contribution is 8.01. The van der Waals surface area contributed by atoms with Crippen molar-refractivity contribution in [3.8, 4) is 11.3 Å². The van der Waals surface area contributed by atoms with Crippen molar-refractivity contribution in [1.82, 2.24) is 10.3 Å². The van der Waals surface area contributed by atoms with Crippen molar-refractivity contribution in [2.45, 2.75) is 24.2 Å². The first-order valence-electron chi connectivity index (χ1n) is 6.30. The summed E-state index contributed by atoms with van der Waals surface area (Å²) >= 11 is 2.84. The number of nitrogens with zero attached hydrogens (tertiary/aromatic N) is 1. The van der Waals surface area contributed by atoms with Crippen molar-refractivity contribution in [2.24, 2.45) is 0 Å². The van der Waals surface area contributed by atoms with Crippen molar-refractivity contribution < 1.29 is 4.79 Å². The number of nitrogen functional groups attached to an aromatic ring is 1. The highest BCUT2D eigenvalue weighted by Gasteiger charge is 2.12. The van der Waals surface area contributed by atoms with E-state index in [-0.39, 0.29) is 11.9 Å². The van der Waals surface area contributed by atoms with Crippen molar-refractivity contribution in [3.63, 3.8) is 0 Å². The molecule has 20 heavy (non-hydrogen) atoms. The molecule has 0 aliphatic rings. The lowest BCUT2D eigenvalue weighted by Crippen LogP contribution is -2.31. The van der Waals surface area contributed by atoms with Gasteiger partial charge in [-0.1, -0.05) is 53.4 Å². The smallest absolute Gasteiger partial charge is 0.230 e. The largest absolute Gasteiger partial charge is 0.389 e. The molecule has 0 radical (unpaired) electrons. The van der Waals surface area contributed by atoms with Crippen LogP contribution in [0.3, 0.4) is 0 Å². The Morgan fingerprint density at radius 3 is 2.75 bits per heavy atom. The number of hydrogen-bond donors (Lipinski definition) is 2. The standard InChI is InChI=1S/C14H17N3OS2/c1-9(2)16-11(18)8-19-14-17-12(13(15)20-14)10-6-4-3-5-7-10/h3-7,9H,8,15H2,1-2H3,(H,16,18). The van der Waals surface area contributed by atoms with Crippen LogP contribution in [-0.2, 0) is 4.79 Å². The van der Waals surface area contributed by atoms with E-state index in [9.17, 15) is 4.79 Å². The number of carbonyl (C=O) groups excluding carboxylic acids is 1. The van der Waals surface area contributed by atoms with Gasteiger partial charge in [0.2, 0.25) is 5.91 Å². The quantitative estimate of drug-likeness (QED) is 0.833. The molecule has 6 heteroatoms. The zero-order valence-electron chi connectivity index (χ0n) is 11.4. The summed E-state index contributed by atoms with van der Waals surface area (Å²) in [5, 5.41) is 3.54. The summed E-state index contributed by atoms with van der Waals surface area (Å²) in [6.45, 7) is 3.88. The van der Waals surface area contributed by atoms with Gasteiger partial charge in [-0.05, 0) is 13.8 Å². The first kappa shape index (κ1) is 14.9. The van der Waals surface area contributed by atoms with Gasteiger partial charge in [0, 0.05) is 11.6 Å². The molecule has 1 heterocycles. The van der Waals surface area contributed by atoms with E-state index in [1.807, 2.05) is 44.2 Å². The van der Waals surface area contributed by atoms with Crippen LogP contribution in [0.4, 0.5) is 5.00 Å².